The van der Waals surface area contributed by atoms with Crippen LogP contribution < -0.4 is 0 Å². The molecule has 1 amide bonds. The minimum atomic E-state index is -0.157. The third-order valence-corrected chi connectivity index (χ3v) is 4.10. The SMILES string of the molecule is CO[C@H]1C[C@@H](CO)N(C(=O)c2cc(Br)ccc2C)C1. The van der Waals surface area contributed by atoms with E-state index in [9.17, 15) is 9.90 Å². The average Bonchev–Trinajstić information content (AvgIpc) is 2.84. The first-order chi connectivity index (χ1) is 9.06. The third-order valence-electron chi connectivity index (χ3n) is 3.61. The molecule has 1 aromatic rings. The highest BCUT2D eigenvalue weighted by Gasteiger charge is 2.35. The van der Waals surface area contributed by atoms with Crippen molar-refractivity contribution in [2.45, 2.75) is 25.5 Å². The molecule has 1 saturated heterocycles. The zero-order valence-electron chi connectivity index (χ0n) is 11.1. The molecule has 0 radical (unpaired) electrons. The Balaban J connectivity index is 2.25. The van der Waals surface area contributed by atoms with Gasteiger partial charge in [0.1, 0.15) is 0 Å². The Morgan fingerprint density at radius 3 is 2.95 bits per heavy atom. The van der Waals surface area contributed by atoms with Crippen molar-refractivity contribution < 1.29 is 14.6 Å². The maximum absolute atomic E-state index is 12.6. The maximum Gasteiger partial charge on any atom is 0.254 e. The van der Waals surface area contributed by atoms with E-state index in [-0.39, 0.29) is 24.7 Å². The first kappa shape index (κ1) is 14.5. The van der Waals surface area contributed by atoms with Crippen LogP contribution in [0.3, 0.4) is 0 Å². The van der Waals surface area contributed by atoms with Crippen molar-refractivity contribution in [3.63, 3.8) is 0 Å². The summed E-state index contributed by atoms with van der Waals surface area (Å²) in [5.41, 5.74) is 1.61. The molecule has 104 valence electrons. The lowest BCUT2D eigenvalue weighted by molar-refractivity contribution is 0.0647. The van der Waals surface area contributed by atoms with Crippen LogP contribution in [-0.2, 0) is 4.74 Å². The van der Waals surface area contributed by atoms with Gasteiger partial charge in [0, 0.05) is 23.7 Å². The molecule has 0 bridgehead atoms. The van der Waals surface area contributed by atoms with Gasteiger partial charge in [-0.05, 0) is 31.0 Å². The van der Waals surface area contributed by atoms with Gasteiger partial charge in [0.25, 0.3) is 5.91 Å². The number of methoxy groups -OCH3 is 1. The van der Waals surface area contributed by atoms with Gasteiger partial charge in [-0.2, -0.15) is 0 Å². The van der Waals surface area contributed by atoms with Crippen LogP contribution in [0.2, 0.25) is 0 Å². The summed E-state index contributed by atoms with van der Waals surface area (Å²) in [6.07, 6.45) is 0.694. The van der Waals surface area contributed by atoms with Crippen molar-refractivity contribution in [2.75, 3.05) is 20.3 Å². The zero-order valence-corrected chi connectivity index (χ0v) is 12.7. The van der Waals surface area contributed by atoms with E-state index in [1.165, 1.54) is 0 Å². The van der Waals surface area contributed by atoms with Gasteiger partial charge in [-0.1, -0.05) is 22.0 Å². The van der Waals surface area contributed by atoms with Gasteiger partial charge in [-0.25, -0.2) is 0 Å². The fourth-order valence-corrected chi connectivity index (χ4v) is 2.81. The number of aryl methyl sites for hydroxylation is 1. The number of hydrogen-bond donors (Lipinski definition) is 1. The first-order valence-corrected chi connectivity index (χ1v) is 7.07. The smallest absolute Gasteiger partial charge is 0.254 e. The van der Waals surface area contributed by atoms with Crippen LogP contribution >= 0.6 is 15.9 Å². The molecule has 1 heterocycles. The highest BCUT2D eigenvalue weighted by atomic mass is 79.9. The number of carbonyl (C=O) groups excluding carboxylic acids is 1. The Morgan fingerprint density at radius 1 is 1.58 bits per heavy atom. The van der Waals surface area contributed by atoms with Gasteiger partial charge in [-0.15, -0.1) is 0 Å². The van der Waals surface area contributed by atoms with E-state index >= 15 is 0 Å². The van der Waals surface area contributed by atoms with Crippen LogP contribution in [0.4, 0.5) is 0 Å². The summed E-state index contributed by atoms with van der Waals surface area (Å²) in [6.45, 7) is 2.42. The number of carbonyl (C=O) groups is 1. The summed E-state index contributed by atoms with van der Waals surface area (Å²) >= 11 is 3.39. The minimum absolute atomic E-state index is 0.00793. The molecule has 5 heteroatoms. The number of likely N-dealkylation sites (tertiary alicyclic amines) is 1. The molecule has 4 nitrogen and oxygen atoms in total. The van der Waals surface area contributed by atoms with Crippen molar-refractivity contribution >= 4 is 21.8 Å². The molecule has 1 N–H and O–H groups in total. The number of aliphatic hydroxyl groups is 1. The molecule has 0 aromatic heterocycles. The summed E-state index contributed by atoms with van der Waals surface area (Å²) in [6, 6.07) is 5.50. The molecule has 0 spiro atoms. The molecule has 1 aromatic carbocycles. The summed E-state index contributed by atoms with van der Waals surface area (Å²) in [5.74, 6) is -0.0441. The van der Waals surface area contributed by atoms with Gasteiger partial charge >= 0.3 is 0 Å². The van der Waals surface area contributed by atoms with Crippen LogP contribution in [0.25, 0.3) is 0 Å². The number of nitrogens with zero attached hydrogens (tertiary/aromatic N) is 1. The summed E-state index contributed by atoms with van der Waals surface area (Å²) in [5, 5.41) is 9.41. The van der Waals surface area contributed by atoms with E-state index in [1.54, 1.807) is 12.0 Å². The second-order valence-electron chi connectivity index (χ2n) is 4.85. The number of benzene rings is 1. The Kier molecular flexibility index (Phi) is 4.60. The second kappa shape index (κ2) is 6.03. The molecule has 0 saturated carbocycles. The van der Waals surface area contributed by atoms with E-state index in [0.717, 1.165) is 10.0 Å². The normalized spacial score (nSPS) is 22.8. The van der Waals surface area contributed by atoms with Crippen LogP contribution in [0.1, 0.15) is 22.3 Å². The van der Waals surface area contributed by atoms with E-state index in [1.807, 2.05) is 25.1 Å². The number of amides is 1. The summed E-state index contributed by atoms with van der Waals surface area (Å²) < 4.78 is 6.18. The molecule has 2 rings (SSSR count). The van der Waals surface area contributed by atoms with Crippen molar-refractivity contribution in [2.24, 2.45) is 0 Å². The molecule has 0 unspecified atom stereocenters. The lowest BCUT2D eigenvalue weighted by Gasteiger charge is -2.23. The Bertz CT molecular complexity index is 478. The van der Waals surface area contributed by atoms with Crippen molar-refractivity contribution in [1.82, 2.24) is 4.90 Å². The first-order valence-electron chi connectivity index (χ1n) is 6.27. The fraction of sp³-hybridized carbons (Fsp3) is 0.500. The van der Waals surface area contributed by atoms with Gasteiger partial charge in [0.15, 0.2) is 0 Å². The predicted molar refractivity (Wildman–Crippen MR) is 76.2 cm³/mol. The van der Waals surface area contributed by atoms with E-state index in [4.69, 9.17) is 4.74 Å². The summed E-state index contributed by atoms with van der Waals surface area (Å²) in [7, 11) is 1.64. The van der Waals surface area contributed by atoms with Crippen LogP contribution in [0.15, 0.2) is 22.7 Å². The number of rotatable bonds is 3. The van der Waals surface area contributed by atoms with Crippen molar-refractivity contribution in [3.8, 4) is 0 Å². The molecule has 2 atom stereocenters. The minimum Gasteiger partial charge on any atom is -0.394 e. The monoisotopic (exact) mass is 327 g/mol. The topological polar surface area (TPSA) is 49.8 Å². The lowest BCUT2D eigenvalue weighted by Crippen LogP contribution is -2.38. The van der Waals surface area contributed by atoms with Gasteiger partial charge in [0.05, 0.1) is 18.8 Å². The second-order valence-corrected chi connectivity index (χ2v) is 5.76. The van der Waals surface area contributed by atoms with Crippen LogP contribution in [-0.4, -0.2) is 48.3 Å². The Morgan fingerprint density at radius 2 is 2.32 bits per heavy atom. The maximum atomic E-state index is 12.6. The zero-order chi connectivity index (χ0) is 14.0. The van der Waals surface area contributed by atoms with Crippen molar-refractivity contribution in [3.05, 3.63) is 33.8 Å². The predicted octanol–water partition coefficient (Wildman–Crippen LogP) is 1.98. The molecular formula is C14H18BrNO3. The molecule has 1 fully saturated rings. The van der Waals surface area contributed by atoms with Gasteiger partial charge in [0.2, 0.25) is 0 Å². The van der Waals surface area contributed by atoms with Gasteiger partial charge < -0.3 is 14.7 Å². The highest BCUT2D eigenvalue weighted by molar-refractivity contribution is 9.10. The standard InChI is InChI=1S/C14H18BrNO3/c1-9-3-4-10(15)5-13(9)14(18)16-7-12(19-2)6-11(16)8-17/h3-5,11-12,17H,6-8H2,1-2H3/t11-,12-/m0/s1. The van der Waals surface area contributed by atoms with E-state index in [2.05, 4.69) is 15.9 Å². The fourth-order valence-electron chi connectivity index (χ4n) is 2.45. The van der Waals surface area contributed by atoms with Crippen molar-refractivity contribution in [1.29, 1.82) is 0 Å². The van der Waals surface area contributed by atoms with Gasteiger partial charge in [-0.3, -0.25) is 4.79 Å². The number of aliphatic hydroxyl groups excluding tert-OH is 1. The largest absolute Gasteiger partial charge is 0.394 e. The molecule has 1 aliphatic rings. The van der Waals surface area contributed by atoms with Crippen LogP contribution in [0.5, 0.6) is 0 Å². The molecular weight excluding hydrogens is 310 g/mol. The molecule has 0 aliphatic carbocycles. The lowest BCUT2D eigenvalue weighted by atomic mass is 10.1. The molecule has 1 aliphatic heterocycles. The summed E-state index contributed by atoms with van der Waals surface area (Å²) in [4.78, 5) is 14.3. The number of halogens is 1. The third kappa shape index (κ3) is 2.99. The highest BCUT2D eigenvalue weighted by Crippen LogP contribution is 2.24. The van der Waals surface area contributed by atoms with E-state index < -0.39 is 0 Å². The Labute approximate surface area is 121 Å². The quantitative estimate of drug-likeness (QED) is 0.923. The number of hydrogen-bond acceptors (Lipinski definition) is 3. The average molecular weight is 328 g/mol. The molecule has 19 heavy (non-hydrogen) atoms. The number of ether oxygens (including phenoxy) is 1. The van der Waals surface area contributed by atoms with Crippen LogP contribution in [0, 0.1) is 6.92 Å². The van der Waals surface area contributed by atoms with E-state index in [0.29, 0.717) is 18.5 Å². The Hall–Kier alpha value is -0.910.